The average molecular weight is 479 g/mol. The highest BCUT2D eigenvalue weighted by Gasteiger charge is 2.39. The molecule has 2 amide bonds. The Morgan fingerprint density at radius 2 is 1.56 bits per heavy atom. The molecule has 4 rings (SSSR count). The third kappa shape index (κ3) is 4.44. The molecule has 3 aromatic carbocycles. The molecule has 3 aromatic rings. The molecular weight excluding hydrogens is 460 g/mol. The van der Waals surface area contributed by atoms with E-state index in [4.69, 9.17) is 25.8 Å². The second kappa shape index (κ2) is 9.68. The van der Waals surface area contributed by atoms with Crippen LogP contribution in [0.5, 0.6) is 17.2 Å². The minimum absolute atomic E-state index is 0.0705. The largest absolute Gasteiger partial charge is 0.497 e. The Bertz CT molecular complexity index is 1300. The Hall–Kier alpha value is -4.30. The van der Waals surface area contributed by atoms with E-state index in [0.717, 1.165) is 4.90 Å². The number of rotatable bonds is 7. The number of hydrogen-bond donors (Lipinski definition) is 1. The van der Waals surface area contributed by atoms with E-state index in [1.807, 2.05) is 0 Å². The van der Waals surface area contributed by atoms with E-state index < -0.39 is 17.8 Å². The van der Waals surface area contributed by atoms with Crippen molar-refractivity contribution in [2.45, 2.75) is 0 Å². The summed E-state index contributed by atoms with van der Waals surface area (Å²) < 4.78 is 15.7. The maximum Gasteiger partial charge on any atom is 0.343 e. The summed E-state index contributed by atoms with van der Waals surface area (Å²) >= 11 is 6.18. The van der Waals surface area contributed by atoms with Crippen LogP contribution in [-0.4, -0.2) is 32.0 Å². The van der Waals surface area contributed by atoms with Gasteiger partial charge in [-0.2, -0.15) is 0 Å². The molecule has 1 aliphatic heterocycles. The van der Waals surface area contributed by atoms with Gasteiger partial charge in [0.15, 0.2) is 11.5 Å². The third-order valence-electron chi connectivity index (χ3n) is 5.00. The van der Waals surface area contributed by atoms with E-state index in [0.29, 0.717) is 28.6 Å². The molecule has 1 aliphatic rings. The maximum absolute atomic E-state index is 12.9. The van der Waals surface area contributed by atoms with Gasteiger partial charge in [-0.3, -0.25) is 9.59 Å². The van der Waals surface area contributed by atoms with Crippen molar-refractivity contribution in [3.63, 3.8) is 0 Å². The van der Waals surface area contributed by atoms with E-state index in [1.165, 1.54) is 26.4 Å². The molecule has 1 N–H and O–H groups in total. The Morgan fingerprint density at radius 1 is 0.853 bits per heavy atom. The van der Waals surface area contributed by atoms with E-state index in [9.17, 15) is 14.4 Å². The zero-order valence-electron chi connectivity index (χ0n) is 18.2. The topological polar surface area (TPSA) is 94.2 Å². The molecule has 0 bridgehead atoms. The molecule has 0 saturated carbocycles. The predicted octanol–water partition coefficient (Wildman–Crippen LogP) is 4.36. The summed E-state index contributed by atoms with van der Waals surface area (Å²) in [4.78, 5) is 39.0. The molecule has 34 heavy (non-hydrogen) atoms. The van der Waals surface area contributed by atoms with Gasteiger partial charge >= 0.3 is 5.97 Å². The Kier molecular flexibility index (Phi) is 6.51. The van der Waals surface area contributed by atoms with Crippen molar-refractivity contribution in [2.24, 2.45) is 0 Å². The van der Waals surface area contributed by atoms with Gasteiger partial charge in [-0.15, -0.1) is 0 Å². The highest BCUT2D eigenvalue weighted by atomic mass is 35.5. The average Bonchev–Trinajstić information content (AvgIpc) is 3.07. The van der Waals surface area contributed by atoms with Crippen LogP contribution in [0.4, 0.5) is 11.4 Å². The first kappa shape index (κ1) is 22.9. The van der Waals surface area contributed by atoms with Gasteiger partial charge in [-0.1, -0.05) is 29.8 Å². The predicted molar refractivity (Wildman–Crippen MR) is 126 cm³/mol. The van der Waals surface area contributed by atoms with Crippen molar-refractivity contribution in [1.29, 1.82) is 0 Å². The number of anilines is 2. The van der Waals surface area contributed by atoms with Gasteiger partial charge in [0.25, 0.3) is 11.8 Å². The van der Waals surface area contributed by atoms with Gasteiger partial charge in [0, 0.05) is 11.8 Å². The normalized spacial score (nSPS) is 13.2. The Labute approximate surface area is 200 Å². The number of carbonyl (C=O) groups excluding carboxylic acids is 3. The molecule has 0 aromatic heterocycles. The molecule has 0 aliphatic carbocycles. The summed E-state index contributed by atoms with van der Waals surface area (Å²) in [7, 11) is 2.97. The lowest BCUT2D eigenvalue weighted by Gasteiger charge is -2.16. The van der Waals surface area contributed by atoms with Crippen LogP contribution >= 0.6 is 11.6 Å². The minimum atomic E-state index is -0.653. The maximum atomic E-state index is 12.9. The number of nitrogens with zero attached hydrogens (tertiary/aromatic N) is 1. The number of esters is 1. The van der Waals surface area contributed by atoms with Gasteiger partial charge in [0.2, 0.25) is 0 Å². The molecule has 0 saturated heterocycles. The van der Waals surface area contributed by atoms with Crippen LogP contribution in [0, 0.1) is 0 Å². The summed E-state index contributed by atoms with van der Waals surface area (Å²) in [6.45, 7) is 0. The SMILES string of the molecule is COc1cccc(N2C(=O)C(Cl)=C(Nc3ccc(C(=O)Oc4ccccc4OC)cc3)C2=O)c1. The smallest absolute Gasteiger partial charge is 0.343 e. The number of ether oxygens (including phenoxy) is 3. The van der Waals surface area contributed by atoms with Gasteiger partial charge in [0.1, 0.15) is 16.5 Å². The number of halogens is 1. The fraction of sp³-hybridized carbons (Fsp3) is 0.0800. The Morgan fingerprint density at radius 3 is 2.24 bits per heavy atom. The van der Waals surface area contributed by atoms with E-state index in [-0.39, 0.29) is 16.3 Å². The first-order valence-corrected chi connectivity index (χ1v) is 10.5. The third-order valence-corrected chi connectivity index (χ3v) is 5.35. The zero-order valence-corrected chi connectivity index (χ0v) is 19.0. The summed E-state index contributed by atoms with van der Waals surface area (Å²) in [6.07, 6.45) is 0. The van der Waals surface area contributed by atoms with Crippen LogP contribution in [0.25, 0.3) is 0 Å². The fourth-order valence-corrected chi connectivity index (χ4v) is 3.50. The van der Waals surface area contributed by atoms with Crippen LogP contribution in [0.2, 0.25) is 0 Å². The van der Waals surface area contributed by atoms with Crippen LogP contribution < -0.4 is 24.4 Å². The molecule has 0 fully saturated rings. The number of nitrogens with one attached hydrogen (secondary N) is 1. The number of para-hydroxylation sites is 2. The fourth-order valence-electron chi connectivity index (χ4n) is 3.29. The van der Waals surface area contributed by atoms with Crippen molar-refractivity contribution >= 4 is 40.8 Å². The van der Waals surface area contributed by atoms with Crippen molar-refractivity contribution in [3.8, 4) is 17.2 Å². The molecule has 0 atom stereocenters. The van der Waals surface area contributed by atoms with Gasteiger partial charge in [-0.25, -0.2) is 9.69 Å². The second-order valence-corrected chi connectivity index (χ2v) is 7.46. The molecule has 9 heteroatoms. The van der Waals surface area contributed by atoms with E-state index in [2.05, 4.69) is 5.32 Å². The molecular formula is C25H19ClN2O6. The molecule has 1 heterocycles. The number of benzene rings is 3. The van der Waals surface area contributed by atoms with Crippen LogP contribution in [0.15, 0.2) is 83.5 Å². The standard InChI is InChI=1S/C25H19ClN2O6/c1-32-18-7-5-6-17(14-18)28-23(29)21(26)22(24(28)30)27-16-12-10-15(11-13-16)25(31)34-20-9-4-3-8-19(20)33-2/h3-14,27H,1-2H3. The highest BCUT2D eigenvalue weighted by molar-refractivity contribution is 6.53. The van der Waals surface area contributed by atoms with Crippen molar-refractivity contribution in [2.75, 3.05) is 24.4 Å². The van der Waals surface area contributed by atoms with Crippen LogP contribution in [-0.2, 0) is 9.59 Å². The summed E-state index contributed by atoms with van der Waals surface area (Å²) in [5.41, 5.74) is 0.997. The molecule has 172 valence electrons. The summed E-state index contributed by atoms with van der Waals surface area (Å²) in [5.74, 6) is -0.624. The lowest BCUT2D eigenvalue weighted by atomic mass is 10.2. The number of carbonyl (C=O) groups is 3. The van der Waals surface area contributed by atoms with Gasteiger partial charge in [-0.05, 0) is 48.5 Å². The molecule has 0 radical (unpaired) electrons. The van der Waals surface area contributed by atoms with E-state index >= 15 is 0 Å². The number of amides is 2. The monoisotopic (exact) mass is 478 g/mol. The summed E-state index contributed by atoms with van der Waals surface area (Å²) in [5, 5.41) is 2.62. The lowest BCUT2D eigenvalue weighted by Crippen LogP contribution is -2.32. The minimum Gasteiger partial charge on any atom is -0.497 e. The highest BCUT2D eigenvalue weighted by Crippen LogP contribution is 2.32. The van der Waals surface area contributed by atoms with Crippen molar-refractivity contribution in [3.05, 3.63) is 89.1 Å². The molecule has 8 nitrogen and oxygen atoms in total. The number of imide groups is 1. The first-order valence-electron chi connectivity index (χ1n) is 10.1. The first-order chi connectivity index (χ1) is 16.4. The molecule has 0 spiro atoms. The van der Waals surface area contributed by atoms with Crippen LogP contribution in [0.1, 0.15) is 10.4 Å². The Balaban J connectivity index is 1.49. The van der Waals surface area contributed by atoms with Gasteiger partial charge in [0.05, 0.1) is 25.5 Å². The number of hydrogen-bond acceptors (Lipinski definition) is 7. The lowest BCUT2D eigenvalue weighted by molar-refractivity contribution is -0.120. The van der Waals surface area contributed by atoms with Crippen LogP contribution in [0.3, 0.4) is 0 Å². The van der Waals surface area contributed by atoms with Gasteiger partial charge < -0.3 is 19.5 Å². The number of methoxy groups -OCH3 is 2. The second-order valence-electron chi connectivity index (χ2n) is 7.08. The zero-order chi connectivity index (χ0) is 24.2. The summed E-state index contributed by atoms with van der Waals surface area (Å²) in [6, 6.07) is 19.5. The van der Waals surface area contributed by atoms with Crippen molar-refractivity contribution < 1.29 is 28.6 Å². The molecule has 0 unspecified atom stereocenters. The van der Waals surface area contributed by atoms with E-state index in [1.54, 1.807) is 60.7 Å². The van der Waals surface area contributed by atoms with Crippen molar-refractivity contribution in [1.82, 2.24) is 0 Å². The quantitative estimate of drug-likeness (QED) is 0.306.